The molecule has 1 atom stereocenters. The minimum atomic E-state index is -3.58. The molecule has 1 heterocycles. The molecule has 1 fully saturated rings. The average Bonchev–Trinajstić information content (AvgIpc) is 2.93. The van der Waals surface area contributed by atoms with Gasteiger partial charge in [-0.3, -0.25) is 4.79 Å². The van der Waals surface area contributed by atoms with Gasteiger partial charge in [0.2, 0.25) is 10.0 Å². The average molecular weight is 327 g/mol. The van der Waals surface area contributed by atoms with E-state index < -0.39 is 10.0 Å². The van der Waals surface area contributed by atoms with Gasteiger partial charge in [0.25, 0.3) is 5.91 Å². The second-order valence-electron chi connectivity index (χ2n) is 5.21. The SMILES string of the molecule is COCCNS(=O)(=O)c1ccc(C(=O)N2CC[C@@H](N)C2)cc1. The van der Waals surface area contributed by atoms with E-state index in [0.717, 1.165) is 6.42 Å². The summed E-state index contributed by atoms with van der Waals surface area (Å²) in [5.74, 6) is -0.121. The van der Waals surface area contributed by atoms with E-state index in [1.165, 1.54) is 31.4 Å². The fourth-order valence-electron chi connectivity index (χ4n) is 2.29. The summed E-state index contributed by atoms with van der Waals surface area (Å²) in [5, 5.41) is 0. The molecule has 2 rings (SSSR count). The van der Waals surface area contributed by atoms with E-state index in [0.29, 0.717) is 25.3 Å². The van der Waals surface area contributed by atoms with Crippen molar-refractivity contribution in [3.8, 4) is 0 Å². The van der Waals surface area contributed by atoms with Crippen LogP contribution in [0.5, 0.6) is 0 Å². The number of hydrogen-bond donors (Lipinski definition) is 2. The maximum atomic E-state index is 12.3. The second kappa shape index (κ2) is 7.19. The molecule has 1 aliphatic rings. The van der Waals surface area contributed by atoms with E-state index >= 15 is 0 Å². The molecule has 0 bridgehead atoms. The lowest BCUT2D eigenvalue weighted by atomic mass is 10.2. The van der Waals surface area contributed by atoms with E-state index in [2.05, 4.69) is 4.72 Å². The predicted octanol–water partition coefficient (Wildman–Crippen LogP) is -0.215. The van der Waals surface area contributed by atoms with Gasteiger partial charge in [-0.15, -0.1) is 0 Å². The number of amides is 1. The van der Waals surface area contributed by atoms with Gasteiger partial charge in [0.1, 0.15) is 0 Å². The largest absolute Gasteiger partial charge is 0.383 e. The van der Waals surface area contributed by atoms with Crippen molar-refractivity contribution in [2.45, 2.75) is 17.4 Å². The lowest BCUT2D eigenvalue weighted by molar-refractivity contribution is 0.0791. The molecule has 0 saturated carbocycles. The molecule has 1 aromatic rings. The Balaban J connectivity index is 2.05. The first kappa shape index (κ1) is 16.9. The number of nitrogens with two attached hydrogens (primary N) is 1. The van der Waals surface area contributed by atoms with E-state index in [4.69, 9.17) is 10.5 Å². The van der Waals surface area contributed by atoms with E-state index in [1.54, 1.807) is 4.90 Å². The first-order chi connectivity index (χ1) is 10.4. The molecule has 7 nitrogen and oxygen atoms in total. The molecular formula is C14H21N3O4S. The van der Waals surface area contributed by atoms with Crippen LogP contribution >= 0.6 is 0 Å². The quantitative estimate of drug-likeness (QED) is 0.704. The van der Waals surface area contributed by atoms with Crippen LogP contribution in [0, 0.1) is 0 Å². The van der Waals surface area contributed by atoms with Gasteiger partial charge < -0.3 is 15.4 Å². The topological polar surface area (TPSA) is 102 Å². The lowest BCUT2D eigenvalue weighted by Gasteiger charge is -2.16. The molecule has 0 unspecified atom stereocenters. The number of nitrogens with zero attached hydrogens (tertiary/aromatic N) is 1. The minimum Gasteiger partial charge on any atom is -0.383 e. The van der Waals surface area contributed by atoms with E-state index in [9.17, 15) is 13.2 Å². The molecule has 0 aromatic heterocycles. The Morgan fingerprint density at radius 2 is 2.09 bits per heavy atom. The molecule has 122 valence electrons. The number of sulfonamides is 1. The summed E-state index contributed by atoms with van der Waals surface area (Å²) >= 11 is 0. The zero-order chi connectivity index (χ0) is 16.2. The monoisotopic (exact) mass is 327 g/mol. The highest BCUT2D eigenvalue weighted by molar-refractivity contribution is 7.89. The highest BCUT2D eigenvalue weighted by Gasteiger charge is 2.24. The normalized spacial score (nSPS) is 18.6. The summed E-state index contributed by atoms with van der Waals surface area (Å²) < 4.78 is 31.2. The molecule has 1 aliphatic heterocycles. The summed E-state index contributed by atoms with van der Waals surface area (Å²) in [5.41, 5.74) is 6.25. The summed E-state index contributed by atoms with van der Waals surface area (Å²) in [4.78, 5) is 14.1. The number of rotatable bonds is 6. The molecule has 8 heteroatoms. The Hall–Kier alpha value is -1.48. The summed E-state index contributed by atoms with van der Waals surface area (Å²) in [7, 11) is -2.08. The maximum absolute atomic E-state index is 12.3. The smallest absolute Gasteiger partial charge is 0.253 e. The van der Waals surface area contributed by atoms with Crippen LogP contribution in [0.3, 0.4) is 0 Å². The molecule has 0 aliphatic carbocycles. The van der Waals surface area contributed by atoms with Gasteiger partial charge in [-0.1, -0.05) is 0 Å². The van der Waals surface area contributed by atoms with Crippen molar-refractivity contribution in [3.05, 3.63) is 29.8 Å². The van der Waals surface area contributed by atoms with Gasteiger partial charge in [0.05, 0.1) is 11.5 Å². The van der Waals surface area contributed by atoms with Crippen LogP contribution in [0.25, 0.3) is 0 Å². The van der Waals surface area contributed by atoms with Crippen molar-refractivity contribution >= 4 is 15.9 Å². The molecule has 1 saturated heterocycles. The van der Waals surface area contributed by atoms with Gasteiger partial charge in [-0.25, -0.2) is 13.1 Å². The number of methoxy groups -OCH3 is 1. The Kier molecular flexibility index (Phi) is 5.52. The first-order valence-corrected chi connectivity index (χ1v) is 8.56. The van der Waals surface area contributed by atoms with Crippen molar-refractivity contribution in [1.29, 1.82) is 0 Å². The van der Waals surface area contributed by atoms with Gasteiger partial charge in [0, 0.05) is 38.3 Å². The van der Waals surface area contributed by atoms with Crippen LogP contribution in [0.1, 0.15) is 16.8 Å². The summed E-state index contributed by atoms with van der Waals surface area (Å²) in [6.45, 7) is 1.67. The van der Waals surface area contributed by atoms with Crippen molar-refractivity contribution in [3.63, 3.8) is 0 Å². The van der Waals surface area contributed by atoms with Gasteiger partial charge in [0.15, 0.2) is 0 Å². The second-order valence-corrected chi connectivity index (χ2v) is 6.98. The molecule has 3 N–H and O–H groups in total. The molecule has 0 spiro atoms. The van der Waals surface area contributed by atoms with Crippen LogP contribution < -0.4 is 10.5 Å². The third-order valence-corrected chi connectivity index (χ3v) is 5.00. The van der Waals surface area contributed by atoms with Crippen molar-refractivity contribution in [2.75, 3.05) is 33.4 Å². The van der Waals surface area contributed by atoms with Crippen LogP contribution in [0.15, 0.2) is 29.2 Å². The molecule has 0 radical (unpaired) electrons. The molecule has 1 aromatic carbocycles. The maximum Gasteiger partial charge on any atom is 0.253 e. The van der Waals surface area contributed by atoms with Gasteiger partial charge in [-0.2, -0.15) is 0 Å². The molecule has 22 heavy (non-hydrogen) atoms. The standard InChI is InChI=1S/C14H21N3O4S/c1-21-9-7-16-22(19,20)13-4-2-11(3-5-13)14(18)17-8-6-12(15)10-17/h2-5,12,16H,6-10,15H2,1H3/t12-/m1/s1. The number of ether oxygens (including phenoxy) is 1. The van der Waals surface area contributed by atoms with Crippen LogP contribution in [-0.2, 0) is 14.8 Å². The number of nitrogens with one attached hydrogen (secondary N) is 1. The third-order valence-electron chi connectivity index (χ3n) is 3.52. The van der Waals surface area contributed by atoms with Crippen molar-refractivity contribution in [2.24, 2.45) is 5.73 Å². The van der Waals surface area contributed by atoms with Crippen molar-refractivity contribution < 1.29 is 17.9 Å². The van der Waals surface area contributed by atoms with Crippen LogP contribution in [0.4, 0.5) is 0 Å². The Morgan fingerprint density at radius 3 is 2.64 bits per heavy atom. The zero-order valence-electron chi connectivity index (χ0n) is 12.5. The predicted molar refractivity (Wildman–Crippen MR) is 82.0 cm³/mol. The number of likely N-dealkylation sites (tertiary alicyclic amines) is 1. The first-order valence-electron chi connectivity index (χ1n) is 7.07. The highest BCUT2D eigenvalue weighted by atomic mass is 32.2. The number of carbonyl (C=O) groups excluding carboxylic acids is 1. The number of carbonyl (C=O) groups is 1. The third kappa shape index (κ3) is 4.04. The van der Waals surface area contributed by atoms with Gasteiger partial charge in [-0.05, 0) is 30.7 Å². The fraction of sp³-hybridized carbons (Fsp3) is 0.500. The molecular weight excluding hydrogens is 306 g/mol. The molecule has 1 amide bonds. The van der Waals surface area contributed by atoms with Crippen LogP contribution in [-0.4, -0.2) is 58.6 Å². The van der Waals surface area contributed by atoms with E-state index in [1.807, 2.05) is 0 Å². The van der Waals surface area contributed by atoms with Crippen molar-refractivity contribution in [1.82, 2.24) is 9.62 Å². The van der Waals surface area contributed by atoms with E-state index in [-0.39, 0.29) is 23.4 Å². The fourth-order valence-corrected chi connectivity index (χ4v) is 3.31. The van der Waals surface area contributed by atoms with Crippen LogP contribution in [0.2, 0.25) is 0 Å². The number of hydrogen-bond acceptors (Lipinski definition) is 5. The lowest BCUT2D eigenvalue weighted by Crippen LogP contribution is -2.32. The minimum absolute atomic E-state index is 0.0218. The Bertz CT molecular complexity index is 615. The summed E-state index contributed by atoms with van der Waals surface area (Å²) in [6, 6.07) is 5.93. The number of benzene rings is 1. The highest BCUT2D eigenvalue weighted by Crippen LogP contribution is 2.15. The Morgan fingerprint density at radius 1 is 1.41 bits per heavy atom. The Labute approximate surface area is 130 Å². The summed E-state index contributed by atoms with van der Waals surface area (Å²) in [6.07, 6.45) is 0.793. The van der Waals surface area contributed by atoms with Gasteiger partial charge >= 0.3 is 0 Å². The zero-order valence-corrected chi connectivity index (χ0v) is 13.3.